The zero-order valence-electron chi connectivity index (χ0n) is 13.8. The number of carbonyl (C=O) groups is 1. The van der Waals surface area contributed by atoms with E-state index in [4.69, 9.17) is 5.73 Å². The number of primary amides is 1. The van der Waals surface area contributed by atoms with Gasteiger partial charge >= 0.3 is 0 Å². The van der Waals surface area contributed by atoms with Crippen LogP contribution in [-0.4, -0.2) is 20.4 Å². The Bertz CT molecular complexity index is 1010. The van der Waals surface area contributed by atoms with Crippen LogP contribution in [0.5, 0.6) is 0 Å². The summed E-state index contributed by atoms with van der Waals surface area (Å²) in [6.45, 7) is 0. The minimum Gasteiger partial charge on any atom is -0.368 e. The predicted octanol–water partition coefficient (Wildman–Crippen LogP) is 2.64. The molecule has 1 amide bonds. The maximum Gasteiger partial charge on any atom is 0.241 e. The summed E-state index contributed by atoms with van der Waals surface area (Å²) >= 11 is 0. The molecule has 0 fully saturated rings. The third kappa shape index (κ3) is 4.60. The molecule has 0 radical (unpaired) electrons. The molecule has 0 saturated carbocycles. The highest BCUT2D eigenvalue weighted by molar-refractivity contribution is 7.89. The van der Waals surface area contributed by atoms with Crippen LogP contribution in [0.4, 0.5) is 0 Å². The molecule has 3 rings (SSSR count). The summed E-state index contributed by atoms with van der Waals surface area (Å²) in [5, 5.41) is 1.75. The van der Waals surface area contributed by atoms with Crippen LogP contribution in [0.3, 0.4) is 0 Å². The second-order valence-electron chi connectivity index (χ2n) is 5.77. The molecule has 1 unspecified atom stereocenters. The molecule has 5 nitrogen and oxygen atoms in total. The second-order valence-corrected chi connectivity index (χ2v) is 7.49. The van der Waals surface area contributed by atoms with E-state index in [0.29, 0.717) is 0 Å². The normalized spacial score (nSPS) is 12.3. The second kappa shape index (κ2) is 8.31. The van der Waals surface area contributed by atoms with Crippen molar-refractivity contribution in [1.29, 1.82) is 0 Å². The van der Waals surface area contributed by atoms with Crippen LogP contribution >= 0.6 is 12.4 Å². The van der Waals surface area contributed by atoms with E-state index in [1.807, 2.05) is 54.6 Å². The van der Waals surface area contributed by atoms with E-state index in [2.05, 4.69) is 4.72 Å². The highest BCUT2D eigenvalue weighted by Crippen LogP contribution is 2.19. The van der Waals surface area contributed by atoms with Gasteiger partial charge in [0.15, 0.2) is 0 Å². The van der Waals surface area contributed by atoms with Gasteiger partial charge in [0.25, 0.3) is 0 Å². The number of hydrogen-bond donors (Lipinski definition) is 2. The van der Waals surface area contributed by atoms with E-state index in [9.17, 15) is 13.2 Å². The van der Waals surface area contributed by atoms with Gasteiger partial charge in [0.05, 0.1) is 4.90 Å². The Morgan fingerprint density at radius 1 is 0.923 bits per heavy atom. The van der Waals surface area contributed by atoms with Crippen molar-refractivity contribution in [3.05, 3.63) is 78.4 Å². The third-order valence-corrected chi connectivity index (χ3v) is 5.42. The van der Waals surface area contributed by atoms with E-state index in [1.165, 1.54) is 6.07 Å². The standard InChI is InChI=1S/C19H18N2O3S.ClH/c20-19(22)18(12-14-6-2-1-3-7-14)21-25(23,24)17-11-10-15-8-4-5-9-16(15)13-17;/h1-11,13,18,21H,12H2,(H2,20,22);1H. The molecular weight excluding hydrogens is 372 g/mol. The van der Waals surface area contributed by atoms with Gasteiger partial charge in [0.1, 0.15) is 6.04 Å². The van der Waals surface area contributed by atoms with Crippen LogP contribution in [-0.2, 0) is 21.2 Å². The Hall–Kier alpha value is -2.41. The molecule has 136 valence electrons. The van der Waals surface area contributed by atoms with Crippen LogP contribution < -0.4 is 10.5 Å². The maximum atomic E-state index is 12.7. The molecule has 0 aromatic heterocycles. The average molecular weight is 391 g/mol. The molecule has 0 bridgehead atoms. The van der Waals surface area contributed by atoms with Crippen LogP contribution in [0.25, 0.3) is 10.8 Å². The lowest BCUT2D eigenvalue weighted by atomic mass is 10.1. The maximum absolute atomic E-state index is 12.7. The van der Waals surface area contributed by atoms with Gasteiger partial charge in [-0.15, -0.1) is 12.4 Å². The van der Waals surface area contributed by atoms with E-state index in [1.54, 1.807) is 12.1 Å². The molecule has 0 aliphatic heterocycles. The predicted molar refractivity (Wildman–Crippen MR) is 105 cm³/mol. The number of rotatable bonds is 6. The monoisotopic (exact) mass is 390 g/mol. The summed E-state index contributed by atoms with van der Waals surface area (Å²) in [6, 6.07) is 20.4. The number of fused-ring (bicyclic) bond motifs is 1. The largest absolute Gasteiger partial charge is 0.368 e. The minimum atomic E-state index is -3.87. The van der Waals surface area contributed by atoms with E-state index >= 15 is 0 Å². The highest BCUT2D eigenvalue weighted by atomic mass is 35.5. The van der Waals surface area contributed by atoms with Gasteiger partial charge in [0, 0.05) is 0 Å². The number of sulfonamides is 1. The zero-order valence-corrected chi connectivity index (χ0v) is 15.5. The van der Waals surface area contributed by atoms with Crippen molar-refractivity contribution in [3.63, 3.8) is 0 Å². The summed E-state index contributed by atoms with van der Waals surface area (Å²) in [4.78, 5) is 11.8. The Morgan fingerprint density at radius 3 is 2.19 bits per heavy atom. The molecule has 0 heterocycles. The Labute approximate surface area is 158 Å². The zero-order chi connectivity index (χ0) is 17.9. The molecule has 0 spiro atoms. The van der Waals surface area contributed by atoms with Crippen LogP contribution in [0.15, 0.2) is 77.7 Å². The van der Waals surface area contributed by atoms with Gasteiger partial charge in [-0.05, 0) is 34.9 Å². The number of nitrogens with one attached hydrogen (secondary N) is 1. The number of halogens is 1. The van der Waals surface area contributed by atoms with Gasteiger partial charge in [-0.2, -0.15) is 4.72 Å². The van der Waals surface area contributed by atoms with E-state index < -0.39 is 22.0 Å². The van der Waals surface area contributed by atoms with E-state index in [0.717, 1.165) is 16.3 Å². The molecule has 3 aromatic rings. The lowest BCUT2D eigenvalue weighted by molar-refractivity contribution is -0.119. The first-order valence-electron chi connectivity index (χ1n) is 7.80. The number of hydrogen-bond acceptors (Lipinski definition) is 3. The SMILES string of the molecule is Cl.NC(=O)C(Cc1ccccc1)NS(=O)(=O)c1ccc2ccccc2c1. The lowest BCUT2D eigenvalue weighted by Gasteiger charge is -2.16. The van der Waals surface area contributed by atoms with Crippen LogP contribution in [0, 0.1) is 0 Å². The molecule has 3 N–H and O–H groups in total. The summed E-state index contributed by atoms with van der Waals surface area (Å²) < 4.78 is 27.7. The fraction of sp³-hybridized carbons (Fsp3) is 0.105. The van der Waals surface area contributed by atoms with Crippen LogP contribution in [0.2, 0.25) is 0 Å². The molecule has 26 heavy (non-hydrogen) atoms. The van der Waals surface area contributed by atoms with Gasteiger partial charge in [-0.25, -0.2) is 8.42 Å². The fourth-order valence-electron chi connectivity index (χ4n) is 2.64. The number of benzene rings is 3. The highest BCUT2D eigenvalue weighted by Gasteiger charge is 2.24. The minimum absolute atomic E-state index is 0. The van der Waals surface area contributed by atoms with Crippen molar-refractivity contribution in [3.8, 4) is 0 Å². The third-order valence-electron chi connectivity index (χ3n) is 3.95. The van der Waals surface area contributed by atoms with E-state index in [-0.39, 0.29) is 23.7 Å². The summed E-state index contributed by atoms with van der Waals surface area (Å²) in [5.41, 5.74) is 6.22. The Balaban J connectivity index is 0.00000243. The number of amides is 1. The van der Waals surface area contributed by atoms with Crippen LogP contribution in [0.1, 0.15) is 5.56 Å². The Morgan fingerprint density at radius 2 is 1.54 bits per heavy atom. The quantitative estimate of drug-likeness (QED) is 0.678. The fourth-order valence-corrected chi connectivity index (χ4v) is 3.88. The smallest absolute Gasteiger partial charge is 0.241 e. The molecule has 0 saturated heterocycles. The average Bonchev–Trinajstić information content (AvgIpc) is 2.61. The van der Waals surface area contributed by atoms with Gasteiger partial charge in [0.2, 0.25) is 15.9 Å². The summed E-state index contributed by atoms with van der Waals surface area (Å²) in [6.07, 6.45) is 0.197. The molecule has 7 heteroatoms. The van der Waals surface area contributed by atoms with Gasteiger partial charge in [-0.3, -0.25) is 4.79 Å². The first kappa shape index (κ1) is 19.9. The number of nitrogens with two attached hydrogens (primary N) is 1. The molecule has 1 atom stereocenters. The molecule has 0 aliphatic rings. The Kier molecular flexibility index (Phi) is 6.37. The first-order chi connectivity index (χ1) is 12.0. The van der Waals surface area contributed by atoms with Gasteiger partial charge in [-0.1, -0.05) is 60.7 Å². The van der Waals surface area contributed by atoms with Crippen molar-refractivity contribution in [2.24, 2.45) is 5.73 Å². The molecule has 0 aliphatic carbocycles. The van der Waals surface area contributed by atoms with Crippen molar-refractivity contribution in [2.45, 2.75) is 17.4 Å². The molecule has 3 aromatic carbocycles. The molecular formula is C19H19ClN2O3S. The summed E-state index contributed by atoms with van der Waals surface area (Å²) in [5.74, 6) is -0.715. The number of carbonyl (C=O) groups excluding carboxylic acids is 1. The topological polar surface area (TPSA) is 89.3 Å². The first-order valence-corrected chi connectivity index (χ1v) is 9.28. The van der Waals surface area contributed by atoms with Crippen molar-refractivity contribution in [1.82, 2.24) is 4.72 Å². The van der Waals surface area contributed by atoms with Gasteiger partial charge < -0.3 is 5.73 Å². The lowest BCUT2D eigenvalue weighted by Crippen LogP contribution is -2.45. The van der Waals surface area contributed by atoms with Crippen molar-refractivity contribution >= 4 is 39.1 Å². The summed E-state index contributed by atoms with van der Waals surface area (Å²) in [7, 11) is -3.87. The van der Waals surface area contributed by atoms with Crippen molar-refractivity contribution < 1.29 is 13.2 Å². The van der Waals surface area contributed by atoms with Crippen molar-refractivity contribution in [2.75, 3.05) is 0 Å².